The van der Waals surface area contributed by atoms with Crippen LogP contribution in [0.4, 0.5) is 0 Å². The largest absolute Gasteiger partial charge is 0.294 e. The summed E-state index contributed by atoms with van der Waals surface area (Å²) in [6, 6.07) is 0. The van der Waals surface area contributed by atoms with Crippen molar-refractivity contribution in [3.63, 3.8) is 0 Å². The normalized spacial score (nSPS) is 26.5. The fourth-order valence-electron chi connectivity index (χ4n) is 23.5. The van der Waals surface area contributed by atoms with Crippen LogP contribution in [0.5, 0.6) is 0 Å². The first-order valence-corrected chi connectivity index (χ1v) is 43.4. The summed E-state index contributed by atoms with van der Waals surface area (Å²) < 4.78 is 0. The Morgan fingerprint density at radius 2 is 0.411 bits per heavy atom. The van der Waals surface area contributed by atoms with Crippen molar-refractivity contribution in [2.45, 2.75) is 353 Å². The maximum atomic E-state index is 14.8. The van der Waals surface area contributed by atoms with Gasteiger partial charge in [0.25, 0.3) is 0 Å². The lowest BCUT2D eigenvalue weighted by Crippen LogP contribution is -2.37. The van der Waals surface area contributed by atoms with Gasteiger partial charge in [-0.3, -0.25) is 28.8 Å². The van der Waals surface area contributed by atoms with Crippen LogP contribution in [0.2, 0.25) is 0 Å². The van der Waals surface area contributed by atoms with Crippen molar-refractivity contribution >= 4 is 34.7 Å². The minimum Gasteiger partial charge on any atom is -0.294 e. The van der Waals surface area contributed by atoms with E-state index in [4.69, 9.17) is 0 Å². The van der Waals surface area contributed by atoms with Gasteiger partial charge in [-0.15, -0.1) is 0 Å². The molecule has 0 saturated heterocycles. The number of ketones is 6. The maximum Gasteiger partial charge on any atom is 0.162 e. The summed E-state index contributed by atoms with van der Waals surface area (Å²) >= 11 is 0. The molecule has 12 atom stereocenters. The molecule has 0 fully saturated rings. The first kappa shape index (κ1) is 90.8. The van der Waals surface area contributed by atoms with E-state index in [1.165, 1.54) is 66.9 Å². The van der Waals surface area contributed by atoms with E-state index in [2.05, 4.69) is 138 Å². The molecule has 0 aliphatic heterocycles. The Kier molecular flexibility index (Phi) is 33.4. The topological polar surface area (TPSA) is 102 Å². The highest BCUT2D eigenvalue weighted by molar-refractivity contribution is 5.97. The lowest BCUT2D eigenvalue weighted by molar-refractivity contribution is -0.121. The maximum absolute atomic E-state index is 14.8. The zero-order valence-electron chi connectivity index (χ0n) is 73.4. The van der Waals surface area contributed by atoms with E-state index < -0.39 is 0 Å². The molecule has 107 heavy (non-hydrogen) atoms. The molecule has 0 bridgehead atoms. The van der Waals surface area contributed by atoms with Gasteiger partial charge >= 0.3 is 0 Å². The van der Waals surface area contributed by atoms with Crippen LogP contribution in [0.15, 0.2) is 140 Å². The van der Waals surface area contributed by atoms with Crippen LogP contribution in [-0.4, -0.2) is 34.7 Å². The lowest BCUT2D eigenvalue weighted by atomic mass is 9.60. The number of allylic oxidation sites excluding steroid dienone is 24. The Hall–Kier alpha value is -5.10. The molecule has 0 radical (unpaired) electrons. The van der Waals surface area contributed by atoms with Gasteiger partial charge in [0, 0.05) is 35.5 Å². The summed E-state index contributed by atoms with van der Waals surface area (Å²) in [7, 11) is 0. The predicted molar refractivity (Wildman–Crippen MR) is 456 cm³/mol. The van der Waals surface area contributed by atoms with Gasteiger partial charge in [0.1, 0.15) is 0 Å². The Bertz CT molecular complexity index is 3540. The van der Waals surface area contributed by atoms with Crippen molar-refractivity contribution in [1.82, 2.24) is 0 Å². The van der Waals surface area contributed by atoms with Crippen molar-refractivity contribution < 1.29 is 28.8 Å². The quantitative estimate of drug-likeness (QED) is 0.0451. The third kappa shape index (κ3) is 21.8. The van der Waals surface area contributed by atoms with Crippen LogP contribution < -0.4 is 0 Å². The molecule has 0 saturated carbocycles. The van der Waals surface area contributed by atoms with Crippen LogP contribution in [0.25, 0.3) is 0 Å². The first-order valence-electron chi connectivity index (χ1n) is 43.4. The van der Waals surface area contributed by atoms with Gasteiger partial charge in [-0.05, 0) is 342 Å². The number of rotatable bonds is 38. The van der Waals surface area contributed by atoms with Gasteiger partial charge in [-0.25, -0.2) is 0 Å². The minimum absolute atomic E-state index is 0.126. The van der Waals surface area contributed by atoms with Crippen molar-refractivity contribution in [3.05, 3.63) is 140 Å². The molecule has 0 aromatic carbocycles. The van der Waals surface area contributed by atoms with E-state index in [1.807, 2.05) is 114 Å². The second-order valence-corrected chi connectivity index (χ2v) is 39.2. The minimum atomic E-state index is -0.221. The summed E-state index contributed by atoms with van der Waals surface area (Å²) in [5.41, 5.74) is 15.6. The van der Waals surface area contributed by atoms with Crippen LogP contribution >= 0.6 is 0 Å². The Balaban J connectivity index is 1.58. The summed E-state index contributed by atoms with van der Waals surface area (Å²) in [4.78, 5) is 87.0. The Morgan fingerprint density at radius 1 is 0.262 bits per heavy atom. The first-order chi connectivity index (χ1) is 50.2. The fraction of sp³-hybridized carbons (Fsp3) is 0.703. The van der Waals surface area contributed by atoms with Gasteiger partial charge < -0.3 is 0 Å². The van der Waals surface area contributed by atoms with Gasteiger partial charge in [0.05, 0.1) is 0 Å². The molecule has 0 spiro atoms. The SMILES string of the molecule is C/C=C/C(=O)C1C(C)=C(C(CCCC)CCC(CCC(CCC(CCC(CC[C@H](CCC)C2=C(C)C(C(=O)/C=C/C)C(C)(C)CC2)C2=C(C)C(C(=O)/C=C/C)C(C)(C)CC2)C2=C(C)C(C(=O)/C=C/C)C(C)(C)CC2)C2=C(C)C(C(=O)/C=C/C)C(C)(C)CC2)C2=C(C)C(C(=O)/C=C/C)C(C)(C)CC2)CCC1(C)C. The molecule has 6 aliphatic rings. The molecule has 0 amide bonds. The second-order valence-electron chi connectivity index (χ2n) is 39.2. The lowest BCUT2D eigenvalue weighted by Gasteiger charge is -2.44. The van der Waals surface area contributed by atoms with Gasteiger partial charge in [-0.1, -0.05) is 220 Å². The molecular formula is C101H156O6. The van der Waals surface area contributed by atoms with Gasteiger partial charge in [-0.2, -0.15) is 0 Å². The monoisotopic (exact) mass is 1470 g/mol. The zero-order chi connectivity index (χ0) is 79.9. The van der Waals surface area contributed by atoms with Gasteiger partial charge in [0.15, 0.2) is 34.7 Å². The molecular weight excluding hydrogens is 1310 g/mol. The van der Waals surface area contributed by atoms with Crippen molar-refractivity contribution in [2.24, 2.45) is 104 Å². The summed E-state index contributed by atoms with van der Waals surface area (Å²) in [6.07, 6.45) is 49.6. The molecule has 0 aromatic heterocycles. The van der Waals surface area contributed by atoms with E-state index in [-0.39, 0.29) is 126 Å². The predicted octanol–water partition coefficient (Wildman–Crippen LogP) is 28.0. The molecule has 6 nitrogen and oxygen atoms in total. The van der Waals surface area contributed by atoms with E-state index in [0.29, 0.717) is 11.8 Å². The molecule has 6 heteroatoms. The third-order valence-corrected chi connectivity index (χ3v) is 29.1. The van der Waals surface area contributed by atoms with Crippen molar-refractivity contribution in [3.8, 4) is 0 Å². The zero-order valence-corrected chi connectivity index (χ0v) is 73.4. The molecule has 11 unspecified atom stereocenters. The van der Waals surface area contributed by atoms with E-state index in [1.54, 1.807) is 0 Å². The Labute approximate surface area is 656 Å². The number of hydrogen-bond acceptors (Lipinski definition) is 6. The Morgan fingerprint density at radius 3 is 0.551 bits per heavy atom. The van der Waals surface area contributed by atoms with E-state index >= 15 is 0 Å². The smallest absolute Gasteiger partial charge is 0.162 e. The molecule has 0 aromatic rings. The molecule has 6 aliphatic carbocycles. The number of carbonyl (C=O) groups excluding carboxylic acids is 6. The molecule has 0 heterocycles. The van der Waals surface area contributed by atoms with Crippen LogP contribution in [0.3, 0.4) is 0 Å². The highest BCUT2D eigenvalue weighted by atomic mass is 16.1. The van der Waals surface area contributed by atoms with Crippen LogP contribution in [0, 0.1) is 104 Å². The molecule has 6 rings (SSSR count). The standard InChI is InChI=1S/C101H156O6/c1-27-35-43-73(79-55-61-97(17,18)91(67(79)10)85(103)38-30-4)45-47-75(81-57-63-99(21,22)93(69(81)12)87(105)40-32-6)49-51-77(83-59-65-101(25,26)95(71(83)14)89(107)42-34-8)53-52-76(82-58-64-100(23,24)94(70(82)13)88(106)41-33-7)50-48-74(80-56-62-98(19,20)92(68(80)11)86(104)39-31-5)46-44-72(36-28-2)78-54-60-96(15,16)90(66(78)9)84(102)37-29-3/h29-34,37-42,72-77,90-95H,27-28,35-36,43-65H2,1-26H3/b37-29+,38-30+,39-31+,40-32+,41-33+,42-34+/t72-,73?,74?,75?,76?,77?,90?,91?,92?,93?,94?,95?/m0/s1. The van der Waals surface area contributed by atoms with Crippen molar-refractivity contribution in [2.75, 3.05) is 0 Å². The van der Waals surface area contributed by atoms with Crippen LogP contribution in [0.1, 0.15) is 353 Å². The molecule has 596 valence electrons. The average Bonchev–Trinajstić information content (AvgIpc) is 0.795. The van der Waals surface area contributed by atoms with E-state index in [0.717, 1.165) is 173 Å². The number of unbranched alkanes of at least 4 members (excludes halogenated alkanes) is 1. The highest BCUT2D eigenvalue weighted by Crippen LogP contribution is 2.57. The summed E-state index contributed by atoms with van der Waals surface area (Å²) in [6.45, 7) is 58.0. The third-order valence-electron chi connectivity index (χ3n) is 29.1. The fourth-order valence-corrected chi connectivity index (χ4v) is 23.5. The number of carbonyl (C=O) groups is 6. The second kappa shape index (κ2) is 39.4. The average molecular weight is 1470 g/mol. The highest BCUT2D eigenvalue weighted by Gasteiger charge is 2.48. The summed E-state index contributed by atoms with van der Waals surface area (Å²) in [5, 5.41) is 0. The number of hydrogen-bond donors (Lipinski definition) is 0. The molecule has 0 N–H and O–H groups in total. The summed E-state index contributed by atoms with van der Waals surface area (Å²) in [5.74, 6) is 1.80. The van der Waals surface area contributed by atoms with Crippen LogP contribution in [-0.2, 0) is 28.8 Å². The van der Waals surface area contributed by atoms with E-state index in [9.17, 15) is 28.8 Å². The van der Waals surface area contributed by atoms with Crippen molar-refractivity contribution in [1.29, 1.82) is 0 Å². The van der Waals surface area contributed by atoms with Gasteiger partial charge in [0.2, 0.25) is 0 Å².